The van der Waals surface area contributed by atoms with Crippen molar-refractivity contribution in [2.24, 2.45) is 0 Å². The van der Waals surface area contributed by atoms with Crippen molar-refractivity contribution in [3.8, 4) is 0 Å². The van der Waals surface area contributed by atoms with Crippen LogP contribution in [0.5, 0.6) is 0 Å². The summed E-state index contributed by atoms with van der Waals surface area (Å²) in [5, 5.41) is 54.3. The van der Waals surface area contributed by atoms with Crippen LogP contribution in [0.1, 0.15) is 27.8 Å². The Morgan fingerprint density at radius 3 is 1.72 bits per heavy atom. The number of alkyl halides is 1. The average molecular weight is 415 g/mol. The monoisotopic (exact) mass is 414 g/mol. The van der Waals surface area contributed by atoms with Gasteiger partial charge in [0.05, 0.1) is 6.10 Å². The van der Waals surface area contributed by atoms with Gasteiger partial charge in [0, 0.05) is 34.6 Å². The van der Waals surface area contributed by atoms with Crippen LogP contribution in [0.25, 0.3) is 0 Å². The van der Waals surface area contributed by atoms with Crippen molar-refractivity contribution >= 4 is 11.6 Å². The van der Waals surface area contributed by atoms with E-state index in [9.17, 15) is 25.5 Å². The molecular formula is C23H23ClO5. The van der Waals surface area contributed by atoms with Gasteiger partial charge in [0.2, 0.25) is 11.6 Å². The molecule has 0 saturated carbocycles. The van der Waals surface area contributed by atoms with Gasteiger partial charge in [-0.05, 0) is 5.56 Å². The molecule has 0 aromatic heterocycles. The molecule has 0 unspecified atom stereocenters. The fourth-order valence-electron chi connectivity index (χ4n) is 3.42. The number of rotatable bonds is 7. The SMILES string of the molecule is O[C@H](CCl)Cc1cccc(C(O)(O)c2ccccc2)c1C(O)(O)c1ccccc1. The highest BCUT2D eigenvalue weighted by Crippen LogP contribution is 2.39. The number of hydrogen-bond acceptors (Lipinski definition) is 5. The lowest BCUT2D eigenvalue weighted by Gasteiger charge is -2.33. The Balaban J connectivity index is 2.26. The third kappa shape index (κ3) is 4.36. The predicted octanol–water partition coefficient (Wildman–Crippen LogP) is 2.20. The molecule has 3 rings (SSSR count). The summed E-state index contributed by atoms with van der Waals surface area (Å²) < 4.78 is 0. The average Bonchev–Trinajstić information content (AvgIpc) is 2.74. The molecular weight excluding hydrogens is 392 g/mol. The molecule has 0 aliphatic heterocycles. The van der Waals surface area contributed by atoms with Crippen LogP contribution in [0.2, 0.25) is 0 Å². The van der Waals surface area contributed by atoms with E-state index in [1.165, 1.54) is 30.3 Å². The molecule has 6 heteroatoms. The van der Waals surface area contributed by atoms with E-state index in [2.05, 4.69) is 0 Å². The molecule has 152 valence electrons. The maximum absolute atomic E-state index is 11.1. The third-order valence-electron chi connectivity index (χ3n) is 4.86. The zero-order valence-corrected chi connectivity index (χ0v) is 16.4. The topological polar surface area (TPSA) is 101 Å². The van der Waals surface area contributed by atoms with Crippen LogP contribution in [-0.2, 0) is 18.0 Å². The van der Waals surface area contributed by atoms with Crippen molar-refractivity contribution in [3.05, 3.63) is 107 Å². The van der Waals surface area contributed by atoms with E-state index in [-0.39, 0.29) is 34.6 Å². The number of hydrogen-bond donors (Lipinski definition) is 5. The number of aliphatic hydroxyl groups is 5. The van der Waals surface area contributed by atoms with Gasteiger partial charge < -0.3 is 25.5 Å². The molecule has 5 N–H and O–H groups in total. The fraction of sp³-hybridized carbons (Fsp3) is 0.217. The summed E-state index contributed by atoms with van der Waals surface area (Å²) in [6.45, 7) is 0. The Morgan fingerprint density at radius 2 is 1.21 bits per heavy atom. The van der Waals surface area contributed by atoms with Crippen LogP contribution in [0.15, 0.2) is 78.9 Å². The van der Waals surface area contributed by atoms with Gasteiger partial charge in [-0.15, -0.1) is 11.6 Å². The Labute approximate surface area is 174 Å². The van der Waals surface area contributed by atoms with E-state index >= 15 is 0 Å². The Hall–Kier alpha value is -2.25. The standard InChI is InChI=1S/C23H23ClO5/c24-15-19(25)14-16-8-7-13-20(22(26,27)17-9-3-1-4-10-17)21(16)23(28,29)18-11-5-2-6-12-18/h1-13,19,25-29H,14-15H2/t19-/m0/s1. The van der Waals surface area contributed by atoms with Gasteiger partial charge in [-0.1, -0.05) is 78.9 Å². The summed E-state index contributed by atoms with van der Waals surface area (Å²) in [5.41, 5.74) is 0.451. The van der Waals surface area contributed by atoms with Crippen LogP contribution >= 0.6 is 11.6 Å². The molecule has 0 amide bonds. The molecule has 29 heavy (non-hydrogen) atoms. The maximum Gasteiger partial charge on any atom is 0.218 e. The van der Waals surface area contributed by atoms with Crippen molar-refractivity contribution in [2.75, 3.05) is 5.88 Å². The lowest BCUT2D eigenvalue weighted by Crippen LogP contribution is -2.36. The van der Waals surface area contributed by atoms with Crippen molar-refractivity contribution in [2.45, 2.75) is 24.1 Å². The highest BCUT2D eigenvalue weighted by atomic mass is 35.5. The second-order valence-electron chi connectivity index (χ2n) is 6.93. The normalized spacial score (nSPS) is 13.3. The molecule has 0 aliphatic carbocycles. The summed E-state index contributed by atoms with van der Waals surface area (Å²) in [6, 6.07) is 20.8. The largest absolute Gasteiger partial charge is 0.392 e. The van der Waals surface area contributed by atoms with E-state index in [0.717, 1.165) is 0 Å². The van der Waals surface area contributed by atoms with E-state index in [1.54, 1.807) is 48.5 Å². The molecule has 1 atom stereocenters. The van der Waals surface area contributed by atoms with Crippen LogP contribution < -0.4 is 0 Å². The minimum atomic E-state index is -2.54. The minimum Gasteiger partial charge on any atom is -0.392 e. The highest BCUT2D eigenvalue weighted by molar-refractivity contribution is 6.18. The molecule has 3 aromatic rings. The molecule has 0 bridgehead atoms. The van der Waals surface area contributed by atoms with Gasteiger partial charge in [-0.3, -0.25) is 0 Å². The predicted molar refractivity (Wildman–Crippen MR) is 110 cm³/mol. The van der Waals surface area contributed by atoms with Crippen LogP contribution in [0.4, 0.5) is 0 Å². The van der Waals surface area contributed by atoms with Crippen molar-refractivity contribution < 1.29 is 25.5 Å². The number of halogens is 1. The van der Waals surface area contributed by atoms with Gasteiger partial charge in [-0.25, -0.2) is 0 Å². The second kappa shape index (κ2) is 8.63. The van der Waals surface area contributed by atoms with Gasteiger partial charge in [-0.2, -0.15) is 0 Å². The molecule has 0 fully saturated rings. The van der Waals surface area contributed by atoms with Crippen LogP contribution in [0.3, 0.4) is 0 Å². The molecule has 0 aliphatic rings. The molecule has 0 saturated heterocycles. The maximum atomic E-state index is 11.1. The number of benzene rings is 3. The first-order valence-corrected chi connectivity index (χ1v) is 9.69. The first-order valence-electron chi connectivity index (χ1n) is 9.16. The zero-order valence-electron chi connectivity index (χ0n) is 15.6. The quantitative estimate of drug-likeness (QED) is 0.301. The Morgan fingerprint density at radius 1 is 0.690 bits per heavy atom. The molecule has 3 aromatic carbocycles. The first kappa shape index (κ1) is 21.5. The number of aliphatic hydroxyl groups excluding tert-OH is 1. The van der Waals surface area contributed by atoms with E-state index in [1.807, 2.05) is 0 Å². The van der Waals surface area contributed by atoms with Gasteiger partial charge in [0.1, 0.15) is 0 Å². The Kier molecular flexibility index (Phi) is 6.39. The Bertz CT molecular complexity index is 942. The lowest BCUT2D eigenvalue weighted by molar-refractivity contribution is -0.154. The smallest absolute Gasteiger partial charge is 0.218 e. The second-order valence-corrected chi connectivity index (χ2v) is 7.24. The molecule has 0 radical (unpaired) electrons. The van der Waals surface area contributed by atoms with Crippen molar-refractivity contribution in [1.29, 1.82) is 0 Å². The van der Waals surface area contributed by atoms with Crippen molar-refractivity contribution in [1.82, 2.24) is 0 Å². The van der Waals surface area contributed by atoms with Gasteiger partial charge >= 0.3 is 0 Å². The molecule has 0 heterocycles. The highest BCUT2D eigenvalue weighted by Gasteiger charge is 2.40. The first-order chi connectivity index (χ1) is 13.8. The summed E-state index contributed by atoms with van der Waals surface area (Å²) in [5.74, 6) is -5.09. The zero-order chi connectivity index (χ0) is 21.1. The van der Waals surface area contributed by atoms with Crippen LogP contribution in [-0.4, -0.2) is 37.5 Å². The van der Waals surface area contributed by atoms with Crippen LogP contribution in [0, 0.1) is 0 Å². The lowest BCUT2D eigenvalue weighted by atomic mass is 9.82. The van der Waals surface area contributed by atoms with Gasteiger partial charge in [0.25, 0.3) is 0 Å². The van der Waals surface area contributed by atoms with Crippen molar-refractivity contribution in [3.63, 3.8) is 0 Å². The minimum absolute atomic E-state index is 0.00719. The summed E-state index contributed by atoms with van der Waals surface area (Å²) >= 11 is 5.74. The van der Waals surface area contributed by atoms with E-state index in [4.69, 9.17) is 11.6 Å². The van der Waals surface area contributed by atoms with E-state index in [0.29, 0.717) is 5.56 Å². The third-order valence-corrected chi connectivity index (χ3v) is 5.22. The fourth-order valence-corrected chi connectivity index (χ4v) is 3.53. The molecule has 5 nitrogen and oxygen atoms in total. The van der Waals surface area contributed by atoms with E-state index < -0.39 is 17.7 Å². The summed E-state index contributed by atoms with van der Waals surface area (Å²) in [7, 11) is 0. The molecule has 0 spiro atoms. The summed E-state index contributed by atoms with van der Waals surface area (Å²) in [4.78, 5) is 0. The summed E-state index contributed by atoms with van der Waals surface area (Å²) in [6.07, 6.45) is -0.937. The van der Waals surface area contributed by atoms with Gasteiger partial charge in [0.15, 0.2) is 0 Å².